The molecule has 0 saturated carbocycles. The fourth-order valence-corrected chi connectivity index (χ4v) is 2.18. The van der Waals surface area contributed by atoms with Crippen molar-refractivity contribution in [2.24, 2.45) is 5.73 Å². The molecule has 4 heteroatoms. The second kappa shape index (κ2) is 5.50. The van der Waals surface area contributed by atoms with E-state index in [9.17, 15) is 0 Å². The Balaban J connectivity index is 1.87. The fraction of sp³-hybridized carbons (Fsp3) is 0.176. The third kappa shape index (κ3) is 2.85. The van der Waals surface area contributed by atoms with Crippen molar-refractivity contribution in [2.45, 2.75) is 19.9 Å². The van der Waals surface area contributed by atoms with Gasteiger partial charge >= 0.3 is 0 Å². The summed E-state index contributed by atoms with van der Waals surface area (Å²) >= 11 is 0. The molecule has 0 radical (unpaired) electrons. The summed E-state index contributed by atoms with van der Waals surface area (Å²) in [6.07, 6.45) is 0. The zero-order chi connectivity index (χ0) is 14.8. The van der Waals surface area contributed by atoms with Gasteiger partial charge in [-0.05, 0) is 19.4 Å². The summed E-state index contributed by atoms with van der Waals surface area (Å²) in [5.41, 5.74) is 10.7. The minimum Gasteiger partial charge on any atom is -0.318 e. The lowest BCUT2D eigenvalue weighted by molar-refractivity contribution is 0.787. The molecule has 3 rings (SSSR count). The Labute approximate surface area is 124 Å². The number of hydrogen-bond donors (Lipinski definition) is 2. The molecule has 0 aliphatic heterocycles. The molecule has 3 aromatic rings. The van der Waals surface area contributed by atoms with Crippen molar-refractivity contribution in [3.05, 3.63) is 71.0 Å². The van der Waals surface area contributed by atoms with E-state index in [1.807, 2.05) is 48.5 Å². The number of aromatic nitrogens is 3. The highest BCUT2D eigenvalue weighted by molar-refractivity contribution is 5.55. The number of nitrogens with one attached hydrogen (secondary N) is 1. The second-order valence-corrected chi connectivity index (χ2v) is 5.30. The number of aromatic amines is 1. The standard InChI is InChI=1S/C17H18N4/c1-11-3-7-13(8-4-11)15(18)17-19-16(20-21-17)14-9-5-12(2)6-10-14/h3-10,15H,18H2,1-2H3,(H,19,20,21)/t15-/m1/s1. The summed E-state index contributed by atoms with van der Waals surface area (Å²) < 4.78 is 0. The van der Waals surface area contributed by atoms with E-state index in [0.717, 1.165) is 11.1 Å². The van der Waals surface area contributed by atoms with E-state index in [4.69, 9.17) is 5.73 Å². The van der Waals surface area contributed by atoms with Crippen LogP contribution in [-0.2, 0) is 0 Å². The molecule has 106 valence electrons. The van der Waals surface area contributed by atoms with E-state index < -0.39 is 0 Å². The number of aryl methyl sites for hydroxylation is 2. The van der Waals surface area contributed by atoms with Crippen LogP contribution >= 0.6 is 0 Å². The highest BCUT2D eigenvalue weighted by Gasteiger charge is 2.14. The van der Waals surface area contributed by atoms with Gasteiger partial charge in [-0.3, -0.25) is 5.10 Å². The number of nitrogens with two attached hydrogens (primary N) is 1. The predicted molar refractivity (Wildman–Crippen MR) is 83.8 cm³/mol. The molecule has 0 unspecified atom stereocenters. The predicted octanol–water partition coefficient (Wildman–Crippen LogP) is 3.14. The average Bonchev–Trinajstić information content (AvgIpc) is 2.98. The first-order chi connectivity index (χ1) is 10.1. The van der Waals surface area contributed by atoms with Gasteiger partial charge in [-0.2, -0.15) is 5.10 Å². The van der Waals surface area contributed by atoms with Crippen molar-refractivity contribution < 1.29 is 0 Å². The number of nitrogens with zero attached hydrogens (tertiary/aromatic N) is 2. The lowest BCUT2D eigenvalue weighted by atomic mass is 10.1. The zero-order valence-corrected chi connectivity index (χ0v) is 12.2. The molecular formula is C17H18N4. The molecule has 0 spiro atoms. The largest absolute Gasteiger partial charge is 0.318 e. The molecule has 0 amide bonds. The molecule has 3 N–H and O–H groups in total. The second-order valence-electron chi connectivity index (χ2n) is 5.30. The molecular weight excluding hydrogens is 260 g/mol. The van der Waals surface area contributed by atoms with E-state index in [1.165, 1.54) is 11.1 Å². The van der Waals surface area contributed by atoms with Gasteiger partial charge in [0.2, 0.25) is 0 Å². The lowest BCUT2D eigenvalue weighted by Crippen LogP contribution is -2.13. The van der Waals surface area contributed by atoms with Crippen molar-refractivity contribution in [3.8, 4) is 11.4 Å². The smallest absolute Gasteiger partial charge is 0.181 e. The highest BCUT2D eigenvalue weighted by Crippen LogP contribution is 2.20. The number of H-pyrrole nitrogens is 1. The Hall–Kier alpha value is -2.46. The van der Waals surface area contributed by atoms with E-state index in [-0.39, 0.29) is 6.04 Å². The van der Waals surface area contributed by atoms with Crippen molar-refractivity contribution >= 4 is 0 Å². The van der Waals surface area contributed by atoms with Crippen molar-refractivity contribution in [2.75, 3.05) is 0 Å². The van der Waals surface area contributed by atoms with Gasteiger partial charge in [-0.25, -0.2) is 4.98 Å². The molecule has 21 heavy (non-hydrogen) atoms. The first-order valence-corrected chi connectivity index (χ1v) is 6.95. The lowest BCUT2D eigenvalue weighted by Gasteiger charge is -2.08. The van der Waals surface area contributed by atoms with Gasteiger partial charge in [0.25, 0.3) is 0 Å². The van der Waals surface area contributed by atoms with Gasteiger partial charge in [0, 0.05) is 5.56 Å². The van der Waals surface area contributed by atoms with E-state index in [2.05, 4.69) is 29.0 Å². The first kappa shape index (κ1) is 13.5. The molecule has 4 nitrogen and oxygen atoms in total. The third-order valence-electron chi connectivity index (χ3n) is 3.54. The summed E-state index contributed by atoms with van der Waals surface area (Å²) in [6.45, 7) is 4.11. The Morgan fingerprint density at radius 3 is 2.10 bits per heavy atom. The Kier molecular flexibility index (Phi) is 3.54. The zero-order valence-electron chi connectivity index (χ0n) is 12.2. The summed E-state index contributed by atoms with van der Waals surface area (Å²) in [7, 11) is 0. The fourth-order valence-electron chi connectivity index (χ4n) is 2.18. The van der Waals surface area contributed by atoms with Crippen LogP contribution < -0.4 is 5.73 Å². The first-order valence-electron chi connectivity index (χ1n) is 6.95. The van der Waals surface area contributed by atoms with E-state index in [1.54, 1.807) is 0 Å². The maximum atomic E-state index is 6.25. The van der Waals surface area contributed by atoms with Crippen LogP contribution in [0.25, 0.3) is 11.4 Å². The van der Waals surface area contributed by atoms with Gasteiger partial charge in [0.1, 0.15) is 5.82 Å². The summed E-state index contributed by atoms with van der Waals surface area (Å²) in [5.74, 6) is 1.35. The number of benzene rings is 2. The molecule has 1 aromatic heterocycles. The van der Waals surface area contributed by atoms with Crippen molar-refractivity contribution in [1.82, 2.24) is 15.2 Å². The minimum atomic E-state index is -0.294. The average molecular weight is 278 g/mol. The summed E-state index contributed by atoms with van der Waals surface area (Å²) in [6, 6.07) is 16.0. The van der Waals surface area contributed by atoms with Crippen LogP contribution in [0, 0.1) is 13.8 Å². The summed E-state index contributed by atoms with van der Waals surface area (Å²) in [5, 5.41) is 7.21. The molecule has 0 aliphatic carbocycles. The molecule has 0 bridgehead atoms. The molecule has 0 aliphatic rings. The minimum absolute atomic E-state index is 0.294. The van der Waals surface area contributed by atoms with Crippen LogP contribution in [0.2, 0.25) is 0 Å². The Bertz CT molecular complexity index is 726. The van der Waals surface area contributed by atoms with E-state index in [0.29, 0.717) is 11.6 Å². The third-order valence-corrected chi connectivity index (χ3v) is 3.54. The van der Waals surface area contributed by atoms with Crippen LogP contribution in [0.5, 0.6) is 0 Å². The quantitative estimate of drug-likeness (QED) is 0.773. The topological polar surface area (TPSA) is 67.6 Å². The monoisotopic (exact) mass is 278 g/mol. The van der Waals surface area contributed by atoms with Gasteiger partial charge in [0.05, 0.1) is 6.04 Å². The molecule has 1 heterocycles. The van der Waals surface area contributed by atoms with Crippen LogP contribution in [0.15, 0.2) is 48.5 Å². The Morgan fingerprint density at radius 2 is 1.48 bits per heavy atom. The highest BCUT2D eigenvalue weighted by atomic mass is 15.2. The van der Waals surface area contributed by atoms with Crippen LogP contribution in [0.1, 0.15) is 28.6 Å². The molecule has 1 atom stereocenters. The van der Waals surface area contributed by atoms with Crippen LogP contribution in [0.3, 0.4) is 0 Å². The SMILES string of the molecule is Cc1ccc(-c2n[nH]c([C@H](N)c3ccc(C)cc3)n2)cc1. The van der Waals surface area contributed by atoms with Crippen molar-refractivity contribution in [3.63, 3.8) is 0 Å². The number of rotatable bonds is 3. The molecule has 0 saturated heterocycles. The maximum absolute atomic E-state index is 6.25. The number of hydrogen-bond acceptors (Lipinski definition) is 3. The maximum Gasteiger partial charge on any atom is 0.181 e. The van der Waals surface area contributed by atoms with Crippen LogP contribution in [-0.4, -0.2) is 15.2 Å². The Morgan fingerprint density at radius 1 is 0.905 bits per heavy atom. The van der Waals surface area contributed by atoms with E-state index >= 15 is 0 Å². The van der Waals surface area contributed by atoms with Crippen LogP contribution in [0.4, 0.5) is 0 Å². The van der Waals surface area contributed by atoms with Crippen molar-refractivity contribution in [1.29, 1.82) is 0 Å². The molecule has 2 aromatic carbocycles. The van der Waals surface area contributed by atoms with Gasteiger partial charge in [-0.1, -0.05) is 59.7 Å². The normalized spacial score (nSPS) is 12.3. The molecule has 0 fully saturated rings. The summed E-state index contributed by atoms with van der Waals surface area (Å²) in [4.78, 5) is 4.52. The van der Waals surface area contributed by atoms with Gasteiger partial charge in [0.15, 0.2) is 5.82 Å². The van der Waals surface area contributed by atoms with Gasteiger partial charge < -0.3 is 5.73 Å². The van der Waals surface area contributed by atoms with Gasteiger partial charge in [-0.15, -0.1) is 0 Å².